The van der Waals surface area contributed by atoms with E-state index in [4.69, 9.17) is 4.74 Å². The van der Waals surface area contributed by atoms with Crippen molar-refractivity contribution >= 4 is 5.91 Å². The van der Waals surface area contributed by atoms with Gasteiger partial charge in [0.2, 0.25) is 5.91 Å². The van der Waals surface area contributed by atoms with Crippen molar-refractivity contribution < 1.29 is 9.53 Å². The molecule has 1 saturated heterocycles. The predicted molar refractivity (Wildman–Crippen MR) is 93.8 cm³/mol. The number of nitrogens with zero attached hydrogens (tertiary/aromatic N) is 3. The van der Waals surface area contributed by atoms with Crippen LogP contribution in [0, 0.1) is 12.8 Å². The van der Waals surface area contributed by atoms with Crippen molar-refractivity contribution in [2.75, 3.05) is 13.1 Å². The molecule has 2 fully saturated rings. The zero-order valence-electron chi connectivity index (χ0n) is 14.6. The number of likely N-dealkylation sites (tertiary alicyclic amines) is 1. The first-order chi connectivity index (χ1) is 12.1. The van der Waals surface area contributed by atoms with Crippen LogP contribution in [0.1, 0.15) is 30.7 Å². The van der Waals surface area contributed by atoms with E-state index >= 15 is 0 Å². The molecule has 5 heteroatoms. The molecule has 1 aliphatic carbocycles. The number of benzene rings is 1. The molecule has 0 unspecified atom stereocenters. The first-order valence-corrected chi connectivity index (χ1v) is 9.18. The molecule has 2 aromatic rings. The highest BCUT2D eigenvalue weighted by Crippen LogP contribution is 2.38. The third-order valence-electron chi connectivity index (χ3n) is 5.76. The second-order valence-corrected chi connectivity index (χ2v) is 7.77. The Morgan fingerprint density at radius 1 is 1.32 bits per heavy atom. The van der Waals surface area contributed by atoms with Crippen LogP contribution in [-0.2, 0) is 22.7 Å². The summed E-state index contributed by atoms with van der Waals surface area (Å²) >= 11 is 0. The molecule has 0 N–H and O–H groups in total. The van der Waals surface area contributed by atoms with E-state index in [-0.39, 0.29) is 11.5 Å². The first kappa shape index (κ1) is 15.1. The summed E-state index contributed by atoms with van der Waals surface area (Å²) in [4.78, 5) is 19.0. The number of hydrogen-bond donors (Lipinski definition) is 0. The van der Waals surface area contributed by atoms with Crippen molar-refractivity contribution in [1.29, 1.82) is 0 Å². The molecule has 3 aliphatic rings. The minimum absolute atomic E-state index is 0.253. The van der Waals surface area contributed by atoms with E-state index in [9.17, 15) is 4.79 Å². The predicted octanol–water partition coefficient (Wildman–Crippen LogP) is 2.77. The van der Waals surface area contributed by atoms with Crippen LogP contribution in [0.25, 0.3) is 11.3 Å². The number of fused-ring (bicyclic) bond motifs is 1. The largest absolute Gasteiger partial charge is 0.363 e. The van der Waals surface area contributed by atoms with Gasteiger partial charge in [0.05, 0.1) is 25.0 Å². The van der Waals surface area contributed by atoms with Gasteiger partial charge in [-0.25, -0.2) is 4.98 Å². The van der Waals surface area contributed by atoms with E-state index in [1.54, 1.807) is 0 Å². The Hall–Kier alpha value is -2.14. The standard InChI is InChI=1S/C20H23N3O2/c1-14-3-2-4-16(9-14)17-10-21-18-11-25-20(13-23(17)18)7-8-22(12-20)19(24)15-5-6-15/h2-4,9-10,15H,5-8,11-13H2,1H3/t20-/m1/s1. The van der Waals surface area contributed by atoms with Gasteiger partial charge in [0.25, 0.3) is 0 Å². The van der Waals surface area contributed by atoms with E-state index in [1.165, 1.54) is 11.1 Å². The maximum atomic E-state index is 12.4. The van der Waals surface area contributed by atoms with Crippen LogP contribution in [0.2, 0.25) is 0 Å². The quantitative estimate of drug-likeness (QED) is 0.847. The number of carbonyl (C=O) groups is 1. The smallest absolute Gasteiger partial charge is 0.225 e. The Bertz CT molecular complexity index is 839. The lowest BCUT2D eigenvalue weighted by Crippen LogP contribution is -2.45. The van der Waals surface area contributed by atoms with Crippen molar-refractivity contribution in [2.24, 2.45) is 5.92 Å². The van der Waals surface area contributed by atoms with Gasteiger partial charge >= 0.3 is 0 Å². The zero-order chi connectivity index (χ0) is 17.0. The molecular weight excluding hydrogens is 314 g/mol. The van der Waals surface area contributed by atoms with Gasteiger partial charge < -0.3 is 14.2 Å². The average molecular weight is 337 g/mol. The SMILES string of the molecule is Cc1cccc(-c2cnc3n2C[C@]2(CCN(C(=O)C4CC4)C2)OC3)c1. The number of aromatic nitrogens is 2. The third kappa shape index (κ3) is 2.58. The van der Waals surface area contributed by atoms with Crippen LogP contribution in [0.4, 0.5) is 0 Å². The van der Waals surface area contributed by atoms with Crippen LogP contribution >= 0.6 is 0 Å². The highest BCUT2D eigenvalue weighted by atomic mass is 16.5. The van der Waals surface area contributed by atoms with Crippen LogP contribution in [0.3, 0.4) is 0 Å². The molecule has 1 aromatic carbocycles. The summed E-state index contributed by atoms with van der Waals surface area (Å²) in [6, 6.07) is 8.53. The zero-order valence-corrected chi connectivity index (χ0v) is 14.6. The van der Waals surface area contributed by atoms with Crippen molar-refractivity contribution in [2.45, 2.75) is 44.9 Å². The highest BCUT2D eigenvalue weighted by molar-refractivity contribution is 5.81. The summed E-state index contributed by atoms with van der Waals surface area (Å²) in [5.74, 6) is 1.59. The summed E-state index contributed by atoms with van der Waals surface area (Å²) in [6.45, 7) is 4.95. The van der Waals surface area contributed by atoms with Crippen LogP contribution in [-0.4, -0.2) is 39.0 Å². The maximum Gasteiger partial charge on any atom is 0.225 e. The molecular formula is C20H23N3O2. The molecule has 1 aromatic heterocycles. The molecule has 0 bridgehead atoms. The molecule has 25 heavy (non-hydrogen) atoms. The molecule has 5 rings (SSSR count). The van der Waals surface area contributed by atoms with Gasteiger partial charge in [-0.15, -0.1) is 0 Å². The summed E-state index contributed by atoms with van der Waals surface area (Å²) in [7, 11) is 0. The van der Waals surface area contributed by atoms with Gasteiger partial charge in [-0.1, -0.05) is 23.8 Å². The molecule has 3 heterocycles. The van der Waals surface area contributed by atoms with E-state index in [0.29, 0.717) is 19.1 Å². The second kappa shape index (κ2) is 5.43. The molecule has 2 aliphatic heterocycles. The molecule has 130 valence electrons. The van der Waals surface area contributed by atoms with E-state index < -0.39 is 0 Å². The van der Waals surface area contributed by atoms with Gasteiger partial charge in [-0.3, -0.25) is 4.79 Å². The number of aryl methyl sites for hydroxylation is 1. The molecule has 0 radical (unpaired) electrons. The van der Waals surface area contributed by atoms with Gasteiger partial charge in [0.15, 0.2) is 0 Å². The van der Waals surface area contributed by atoms with Crippen LogP contribution in [0.15, 0.2) is 30.5 Å². The van der Waals surface area contributed by atoms with E-state index in [1.807, 2.05) is 11.1 Å². The lowest BCUT2D eigenvalue weighted by Gasteiger charge is -2.35. The monoisotopic (exact) mass is 337 g/mol. The van der Waals surface area contributed by atoms with Crippen LogP contribution < -0.4 is 0 Å². The van der Waals surface area contributed by atoms with Crippen molar-refractivity contribution in [3.63, 3.8) is 0 Å². The van der Waals surface area contributed by atoms with Crippen molar-refractivity contribution in [3.05, 3.63) is 41.9 Å². The number of amides is 1. The first-order valence-electron chi connectivity index (χ1n) is 9.18. The Morgan fingerprint density at radius 2 is 2.20 bits per heavy atom. The Balaban J connectivity index is 1.43. The van der Waals surface area contributed by atoms with E-state index in [2.05, 4.69) is 40.7 Å². The normalized spacial score (nSPS) is 25.4. The Kier molecular flexibility index (Phi) is 3.29. The van der Waals surface area contributed by atoms with Crippen molar-refractivity contribution in [3.8, 4) is 11.3 Å². The fourth-order valence-electron chi connectivity index (χ4n) is 4.16. The second-order valence-electron chi connectivity index (χ2n) is 7.77. The molecule has 1 atom stereocenters. The summed E-state index contributed by atoms with van der Waals surface area (Å²) in [6.07, 6.45) is 4.99. The third-order valence-corrected chi connectivity index (χ3v) is 5.76. The summed E-state index contributed by atoms with van der Waals surface area (Å²) in [5, 5.41) is 0. The molecule has 1 saturated carbocycles. The van der Waals surface area contributed by atoms with Crippen LogP contribution in [0.5, 0.6) is 0 Å². The number of rotatable bonds is 2. The minimum Gasteiger partial charge on any atom is -0.363 e. The number of carbonyl (C=O) groups excluding carboxylic acids is 1. The lowest BCUT2D eigenvalue weighted by atomic mass is 10.0. The fourth-order valence-corrected chi connectivity index (χ4v) is 4.16. The summed E-state index contributed by atoms with van der Waals surface area (Å²) < 4.78 is 8.52. The number of ether oxygens (including phenoxy) is 1. The molecule has 1 amide bonds. The van der Waals surface area contributed by atoms with Gasteiger partial charge in [-0.05, 0) is 32.3 Å². The average Bonchev–Trinajstić information content (AvgIpc) is 3.26. The lowest BCUT2D eigenvalue weighted by molar-refractivity contribution is -0.134. The number of hydrogen-bond acceptors (Lipinski definition) is 3. The molecule has 1 spiro atoms. The fraction of sp³-hybridized carbons (Fsp3) is 0.500. The van der Waals surface area contributed by atoms with Gasteiger partial charge in [-0.2, -0.15) is 0 Å². The van der Waals surface area contributed by atoms with Crippen molar-refractivity contribution in [1.82, 2.24) is 14.5 Å². The summed E-state index contributed by atoms with van der Waals surface area (Å²) in [5.41, 5.74) is 3.33. The topological polar surface area (TPSA) is 47.4 Å². The molecule has 5 nitrogen and oxygen atoms in total. The number of imidazole rings is 1. The van der Waals surface area contributed by atoms with Gasteiger partial charge in [0.1, 0.15) is 18.0 Å². The minimum atomic E-state index is -0.253. The Morgan fingerprint density at radius 3 is 3.00 bits per heavy atom. The highest BCUT2D eigenvalue weighted by Gasteiger charge is 2.46. The maximum absolute atomic E-state index is 12.4. The van der Waals surface area contributed by atoms with Gasteiger partial charge in [0, 0.05) is 18.0 Å². The van der Waals surface area contributed by atoms with E-state index in [0.717, 1.165) is 43.9 Å². The Labute approximate surface area is 147 Å².